The van der Waals surface area contributed by atoms with Crippen molar-refractivity contribution in [3.63, 3.8) is 0 Å². The van der Waals surface area contributed by atoms with Crippen LogP contribution in [0.25, 0.3) is 0 Å². The zero-order valence-electron chi connectivity index (χ0n) is 22.8. The summed E-state index contributed by atoms with van der Waals surface area (Å²) in [4.78, 5) is 15.8. The number of piperazine rings is 1. The zero-order chi connectivity index (χ0) is 27.3. The maximum atomic E-state index is 13.7. The van der Waals surface area contributed by atoms with Crippen LogP contribution in [0, 0.1) is 34.8 Å². The van der Waals surface area contributed by atoms with E-state index in [2.05, 4.69) is 19.9 Å². The number of aliphatic hydroxyl groups is 1. The molecule has 7 heteroatoms. The van der Waals surface area contributed by atoms with Gasteiger partial charge in [0.15, 0.2) is 0 Å². The second-order valence-electron chi connectivity index (χ2n) is 12.4. The van der Waals surface area contributed by atoms with Crippen LogP contribution in [-0.4, -0.2) is 56.0 Å². The van der Waals surface area contributed by atoms with E-state index < -0.39 is 6.10 Å². The number of fused-ring (bicyclic) bond motifs is 2. The van der Waals surface area contributed by atoms with Gasteiger partial charge in [-0.1, -0.05) is 25.5 Å². The van der Waals surface area contributed by atoms with Crippen molar-refractivity contribution in [1.29, 1.82) is 0 Å². The summed E-state index contributed by atoms with van der Waals surface area (Å²) in [5.41, 5.74) is 2.99. The molecule has 0 amide bonds. The molecule has 3 fully saturated rings. The molecular weight excluding hydrogens is 498 g/mol. The van der Waals surface area contributed by atoms with Crippen molar-refractivity contribution in [2.24, 2.45) is 23.2 Å². The number of aliphatic hydroxyl groups excluding tert-OH is 1. The molecule has 3 N–H and O–H groups in total. The summed E-state index contributed by atoms with van der Waals surface area (Å²) in [6.07, 6.45) is 4.30. The van der Waals surface area contributed by atoms with Crippen molar-refractivity contribution in [2.75, 3.05) is 32.7 Å². The van der Waals surface area contributed by atoms with Crippen LogP contribution in [0.5, 0.6) is 0 Å². The lowest BCUT2D eigenvalue weighted by atomic mass is 9.55. The molecule has 0 aromatic heterocycles. The molecule has 1 saturated carbocycles. The minimum absolute atomic E-state index is 0.0216. The van der Waals surface area contributed by atoms with Gasteiger partial charge in [-0.3, -0.25) is 4.79 Å². The van der Waals surface area contributed by atoms with Gasteiger partial charge < -0.3 is 19.6 Å². The summed E-state index contributed by atoms with van der Waals surface area (Å²) in [5.74, 6) is -0.780. The number of carbonyl (C=O) groups excluding carboxylic acids is 1. The molecule has 2 heterocycles. The molecule has 2 aliphatic carbocycles. The van der Waals surface area contributed by atoms with E-state index in [1.807, 2.05) is 24.3 Å². The van der Waals surface area contributed by atoms with Crippen LogP contribution in [-0.2, 0) is 9.53 Å². The van der Waals surface area contributed by atoms with E-state index in [-0.39, 0.29) is 47.0 Å². The van der Waals surface area contributed by atoms with Crippen molar-refractivity contribution >= 4 is 5.97 Å². The van der Waals surface area contributed by atoms with Crippen molar-refractivity contribution in [3.8, 4) is 0 Å². The third-order valence-electron chi connectivity index (χ3n) is 10.5. The van der Waals surface area contributed by atoms with Crippen LogP contribution in [0.2, 0.25) is 0 Å². The number of carbonyl (C=O) groups is 1. The Morgan fingerprint density at radius 3 is 2.18 bits per heavy atom. The molecule has 6 atom stereocenters. The summed E-state index contributed by atoms with van der Waals surface area (Å²) in [7, 11) is 0. The van der Waals surface area contributed by atoms with Crippen LogP contribution in [0.3, 0.4) is 0 Å². The van der Waals surface area contributed by atoms with Gasteiger partial charge in [0.25, 0.3) is 0 Å². The van der Waals surface area contributed by atoms with Gasteiger partial charge >= 0.3 is 5.97 Å². The number of quaternary nitrogens is 2. The van der Waals surface area contributed by atoms with Crippen molar-refractivity contribution in [1.82, 2.24) is 0 Å². The van der Waals surface area contributed by atoms with Crippen molar-refractivity contribution < 1.29 is 33.2 Å². The second kappa shape index (κ2) is 10.4. The fraction of sp³-hybridized carbons (Fsp3) is 0.531. The van der Waals surface area contributed by atoms with E-state index in [1.54, 1.807) is 0 Å². The van der Waals surface area contributed by atoms with Crippen molar-refractivity contribution in [3.05, 3.63) is 82.9 Å². The number of ether oxygens (including phenoxy) is 1. The summed E-state index contributed by atoms with van der Waals surface area (Å²) in [6, 6.07) is 13.2. The molecule has 0 spiro atoms. The molecule has 5 nitrogen and oxygen atoms in total. The van der Waals surface area contributed by atoms with Crippen LogP contribution in [0.4, 0.5) is 8.78 Å². The Hall–Kier alpha value is -2.61. The third kappa shape index (κ3) is 4.72. The molecule has 39 heavy (non-hydrogen) atoms. The summed E-state index contributed by atoms with van der Waals surface area (Å²) < 4.78 is 33.3. The first-order valence-electron chi connectivity index (χ1n) is 14.5. The van der Waals surface area contributed by atoms with Gasteiger partial charge in [0, 0.05) is 28.9 Å². The molecule has 2 saturated heterocycles. The number of benzene rings is 2. The van der Waals surface area contributed by atoms with Gasteiger partial charge in [-0.05, 0) is 67.3 Å². The molecule has 208 valence electrons. The Bertz CT molecular complexity index is 1180. The van der Waals surface area contributed by atoms with E-state index in [4.69, 9.17) is 4.74 Å². The van der Waals surface area contributed by atoms with E-state index in [1.165, 1.54) is 39.6 Å². The first kappa shape index (κ1) is 26.6. The number of allylic oxidation sites excluding steroid dienone is 1. The number of hydrogen-bond acceptors (Lipinski definition) is 3. The van der Waals surface area contributed by atoms with Crippen LogP contribution < -0.4 is 9.80 Å². The Kier molecular flexibility index (Phi) is 7.11. The standard InChI is InChI=1S/C32H38F2N2O3/c1-20-4-3-5-23-18-27-28(30(37)32(20,23)2)26(31(38)39-27)19-35-14-16-36(17-15-35)29(21-6-10-24(33)11-7-21)22-8-12-25(34)13-9-22/h5-13,20,26-30,37H,3-4,14-19H2,1-2H3/p+2/t20-,26-,27+,28+,30-,32+/m0/s1. The lowest BCUT2D eigenvalue weighted by Crippen LogP contribution is -3.28. The van der Waals surface area contributed by atoms with Crippen molar-refractivity contribution in [2.45, 2.75) is 51.4 Å². The Morgan fingerprint density at radius 1 is 1.00 bits per heavy atom. The number of nitrogens with one attached hydrogen (secondary N) is 2. The first-order valence-corrected chi connectivity index (χ1v) is 14.5. The highest BCUT2D eigenvalue weighted by atomic mass is 19.1. The molecule has 2 aliphatic heterocycles. The van der Waals surface area contributed by atoms with Crippen LogP contribution >= 0.6 is 0 Å². The van der Waals surface area contributed by atoms with Gasteiger partial charge in [-0.2, -0.15) is 0 Å². The highest BCUT2D eigenvalue weighted by Crippen LogP contribution is 2.55. The molecule has 2 aromatic rings. The molecule has 6 rings (SSSR count). The molecule has 0 unspecified atom stereocenters. The Labute approximate surface area is 229 Å². The summed E-state index contributed by atoms with van der Waals surface area (Å²) in [5, 5.41) is 11.7. The van der Waals surface area contributed by atoms with E-state index in [0.29, 0.717) is 12.5 Å². The molecule has 0 bridgehead atoms. The van der Waals surface area contributed by atoms with Gasteiger partial charge in [0.05, 0.1) is 12.6 Å². The second-order valence-corrected chi connectivity index (χ2v) is 12.4. The van der Waals surface area contributed by atoms with Gasteiger partial charge in [0.1, 0.15) is 55.9 Å². The summed E-state index contributed by atoms with van der Waals surface area (Å²) in [6.45, 7) is 8.59. The molecule has 2 aromatic carbocycles. The fourth-order valence-corrected chi connectivity index (χ4v) is 8.00. The topological polar surface area (TPSA) is 55.4 Å². The van der Waals surface area contributed by atoms with E-state index >= 15 is 0 Å². The molecular formula is C32H40F2N2O3+2. The number of esters is 1. The predicted octanol–water partition coefficient (Wildman–Crippen LogP) is 2.12. The molecule has 0 radical (unpaired) electrons. The van der Waals surface area contributed by atoms with Gasteiger partial charge in [-0.25, -0.2) is 8.78 Å². The fourth-order valence-electron chi connectivity index (χ4n) is 8.00. The largest absolute Gasteiger partial charge is 0.461 e. The first-order chi connectivity index (χ1) is 18.8. The zero-order valence-corrected chi connectivity index (χ0v) is 22.8. The lowest BCUT2D eigenvalue weighted by molar-refractivity contribution is -1.02. The Morgan fingerprint density at radius 2 is 1.59 bits per heavy atom. The summed E-state index contributed by atoms with van der Waals surface area (Å²) >= 11 is 0. The maximum Gasteiger partial charge on any atom is 0.315 e. The third-order valence-corrected chi connectivity index (χ3v) is 10.5. The highest BCUT2D eigenvalue weighted by Gasteiger charge is 2.60. The maximum absolute atomic E-state index is 13.7. The number of rotatable bonds is 5. The molecule has 4 aliphatic rings. The lowest BCUT2D eigenvalue weighted by Gasteiger charge is -2.51. The van der Waals surface area contributed by atoms with Crippen LogP contribution in [0.15, 0.2) is 60.2 Å². The van der Waals surface area contributed by atoms with Gasteiger partial charge in [0.2, 0.25) is 0 Å². The minimum Gasteiger partial charge on any atom is -0.461 e. The smallest absolute Gasteiger partial charge is 0.315 e. The number of hydrogen-bond donors (Lipinski definition) is 3. The normalized spacial score (nSPS) is 36.2. The predicted molar refractivity (Wildman–Crippen MR) is 143 cm³/mol. The monoisotopic (exact) mass is 538 g/mol. The number of halogens is 2. The van der Waals surface area contributed by atoms with Gasteiger partial charge in [-0.15, -0.1) is 0 Å². The average Bonchev–Trinajstić information content (AvgIpc) is 3.23. The van der Waals surface area contributed by atoms with E-state index in [9.17, 15) is 18.7 Å². The Balaban J connectivity index is 1.17. The van der Waals surface area contributed by atoms with Crippen LogP contribution in [0.1, 0.15) is 50.3 Å². The van der Waals surface area contributed by atoms with E-state index in [0.717, 1.165) is 56.6 Å². The average molecular weight is 539 g/mol. The highest BCUT2D eigenvalue weighted by molar-refractivity contribution is 5.76. The minimum atomic E-state index is -0.582. The quantitative estimate of drug-likeness (QED) is 0.404. The SMILES string of the molecule is C[C@H]1CCC=C2C[C@H]3OC(=O)[C@@H](C[NH+]4CC[NH+](C(c5ccc(F)cc5)c5ccc(F)cc5)CC4)[C@H]3[C@H](O)[C@@]21C.